The molecule has 3 rings (SSSR count). The predicted octanol–water partition coefficient (Wildman–Crippen LogP) is 2.33. The molecule has 0 saturated carbocycles. The van der Waals surface area contributed by atoms with E-state index in [9.17, 15) is 14.9 Å². The monoisotopic (exact) mass is 376 g/mol. The molecule has 1 fully saturated rings. The van der Waals surface area contributed by atoms with Gasteiger partial charge in [-0.15, -0.1) is 0 Å². The van der Waals surface area contributed by atoms with Crippen LogP contribution in [-0.4, -0.2) is 25.5 Å². The molecule has 2 aromatic rings. The van der Waals surface area contributed by atoms with Crippen molar-refractivity contribution in [1.29, 1.82) is 5.26 Å². The van der Waals surface area contributed by atoms with Crippen LogP contribution in [0.2, 0.25) is 0 Å². The van der Waals surface area contributed by atoms with E-state index in [1.165, 1.54) is 7.11 Å². The zero-order valence-electron chi connectivity index (χ0n) is 15.3. The summed E-state index contributed by atoms with van der Waals surface area (Å²) in [6, 6.07) is 18.2. The van der Waals surface area contributed by atoms with Crippen LogP contribution in [0.4, 0.5) is 5.69 Å². The number of carbonyl (C=O) groups is 2. The second-order valence-corrected chi connectivity index (χ2v) is 6.26. The minimum atomic E-state index is -0.572. The molecule has 2 unspecified atom stereocenters. The van der Waals surface area contributed by atoms with Crippen LogP contribution < -0.4 is 16.2 Å². The Kier molecular flexibility index (Phi) is 6.17. The number of carbonyl (C=O) groups excluding carboxylic acids is 2. The number of nitriles is 1. The lowest BCUT2D eigenvalue weighted by Crippen LogP contribution is -2.24. The lowest BCUT2D eigenvalue weighted by atomic mass is 9.93. The van der Waals surface area contributed by atoms with E-state index in [0.29, 0.717) is 12.2 Å². The molecule has 1 saturated heterocycles. The van der Waals surface area contributed by atoms with Crippen LogP contribution in [0.15, 0.2) is 66.2 Å². The van der Waals surface area contributed by atoms with E-state index >= 15 is 0 Å². The van der Waals surface area contributed by atoms with Crippen molar-refractivity contribution in [3.8, 4) is 6.07 Å². The van der Waals surface area contributed by atoms with Crippen molar-refractivity contribution in [2.24, 2.45) is 5.92 Å². The molecule has 2 aromatic carbocycles. The Bertz CT molecular complexity index is 934. The smallest absolute Gasteiger partial charge is 0.339 e. The van der Waals surface area contributed by atoms with Gasteiger partial charge in [0.25, 0.3) is 5.91 Å². The van der Waals surface area contributed by atoms with Gasteiger partial charge in [-0.2, -0.15) is 5.26 Å². The van der Waals surface area contributed by atoms with Gasteiger partial charge in [0.15, 0.2) is 0 Å². The average Bonchev–Trinajstić information content (AvgIpc) is 3.20. The second kappa shape index (κ2) is 8.95. The quantitative estimate of drug-likeness (QED) is 0.420. The van der Waals surface area contributed by atoms with Gasteiger partial charge < -0.3 is 10.1 Å². The van der Waals surface area contributed by atoms with Gasteiger partial charge in [0.05, 0.1) is 24.4 Å². The molecule has 0 radical (unpaired) electrons. The normalized spacial score (nSPS) is 18.9. The van der Waals surface area contributed by atoms with Gasteiger partial charge in [-0.1, -0.05) is 48.5 Å². The summed E-state index contributed by atoms with van der Waals surface area (Å²) < 4.78 is 4.73. The summed E-state index contributed by atoms with van der Waals surface area (Å²) in [5, 5.41) is 12.1. The first kappa shape index (κ1) is 19.3. The van der Waals surface area contributed by atoms with Crippen molar-refractivity contribution in [2.75, 3.05) is 19.0 Å². The molecule has 3 N–H and O–H groups in total. The van der Waals surface area contributed by atoms with Crippen molar-refractivity contribution in [2.45, 2.75) is 6.04 Å². The summed E-state index contributed by atoms with van der Waals surface area (Å²) in [6.07, 6.45) is 1.65. The third-order valence-electron chi connectivity index (χ3n) is 4.51. The molecule has 0 aliphatic carbocycles. The van der Waals surface area contributed by atoms with Gasteiger partial charge >= 0.3 is 5.97 Å². The number of rotatable bonds is 5. The molecule has 2 atom stereocenters. The highest BCUT2D eigenvalue weighted by Gasteiger charge is 2.28. The van der Waals surface area contributed by atoms with E-state index in [1.54, 1.807) is 30.3 Å². The fourth-order valence-electron chi connectivity index (χ4n) is 3.11. The number of amides is 1. The van der Waals surface area contributed by atoms with Crippen LogP contribution in [0.5, 0.6) is 0 Å². The Hall–Kier alpha value is -3.47. The number of nitrogens with zero attached hydrogens (tertiary/aromatic N) is 1. The van der Waals surface area contributed by atoms with E-state index in [-0.39, 0.29) is 23.1 Å². The largest absolute Gasteiger partial charge is 0.465 e. The zero-order chi connectivity index (χ0) is 19.9. The molecule has 1 heterocycles. The topological polar surface area (TPSA) is 103 Å². The summed E-state index contributed by atoms with van der Waals surface area (Å²) in [5.74, 6) is -1.22. The Balaban J connectivity index is 1.81. The first-order valence-corrected chi connectivity index (χ1v) is 8.78. The van der Waals surface area contributed by atoms with E-state index in [0.717, 1.165) is 5.56 Å². The van der Waals surface area contributed by atoms with E-state index in [4.69, 9.17) is 4.74 Å². The number of hydrogen-bond donors (Lipinski definition) is 3. The van der Waals surface area contributed by atoms with Gasteiger partial charge in [-0.05, 0) is 17.7 Å². The molecule has 1 aliphatic heterocycles. The summed E-state index contributed by atoms with van der Waals surface area (Å²) in [7, 11) is 1.27. The maximum atomic E-state index is 12.6. The number of hydrogen-bond acceptors (Lipinski definition) is 6. The van der Waals surface area contributed by atoms with E-state index < -0.39 is 11.9 Å². The molecule has 28 heavy (non-hydrogen) atoms. The molecular weight excluding hydrogens is 356 g/mol. The van der Waals surface area contributed by atoms with Gasteiger partial charge in [0, 0.05) is 12.5 Å². The minimum Gasteiger partial charge on any atom is -0.465 e. The number of nitrogens with one attached hydrogen (secondary N) is 3. The molecular formula is C21H20N4O3. The minimum absolute atomic E-state index is 0.0175. The number of esters is 1. The highest BCUT2D eigenvalue weighted by Crippen LogP contribution is 2.27. The maximum absolute atomic E-state index is 12.6. The molecule has 7 heteroatoms. The molecule has 0 aromatic heterocycles. The number of anilines is 1. The molecule has 1 amide bonds. The lowest BCUT2D eigenvalue weighted by molar-refractivity contribution is -0.112. The van der Waals surface area contributed by atoms with Crippen LogP contribution in [0.25, 0.3) is 0 Å². The summed E-state index contributed by atoms with van der Waals surface area (Å²) in [5.41, 5.74) is 7.81. The second-order valence-electron chi connectivity index (χ2n) is 6.26. The number of ether oxygens (including phenoxy) is 1. The van der Waals surface area contributed by atoms with Gasteiger partial charge in [0.1, 0.15) is 11.6 Å². The van der Waals surface area contributed by atoms with Crippen molar-refractivity contribution < 1.29 is 14.3 Å². The first-order valence-electron chi connectivity index (χ1n) is 8.78. The van der Waals surface area contributed by atoms with Crippen LogP contribution in [0.1, 0.15) is 22.0 Å². The summed E-state index contributed by atoms with van der Waals surface area (Å²) in [4.78, 5) is 24.5. The van der Waals surface area contributed by atoms with Crippen LogP contribution in [0, 0.1) is 17.2 Å². The number of para-hydroxylation sites is 1. The average molecular weight is 376 g/mol. The summed E-state index contributed by atoms with van der Waals surface area (Å²) in [6.45, 7) is 0.580. The van der Waals surface area contributed by atoms with Crippen molar-refractivity contribution >= 4 is 17.6 Å². The fraction of sp³-hybridized carbons (Fsp3) is 0.190. The maximum Gasteiger partial charge on any atom is 0.339 e. The van der Waals surface area contributed by atoms with Crippen molar-refractivity contribution in [3.63, 3.8) is 0 Å². The first-order chi connectivity index (χ1) is 13.6. The van der Waals surface area contributed by atoms with Crippen LogP contribution in [0.3, 0.4) is 0 Å². The van der Waals surface area contributed by atoms with E-state index in [2.05, 4.69) is 16.2 Å². The Labute approximate surface area is 163 Å². The fourth-order valence-corrected chi connectivity index (χ4v) is 3.11. The van der Waals surface area contributed by atoms with Crippen LogP contribution >= 0.6 is 0 Å². The molecule has 1 aliphatic rings. The predicted molar refractivity (Wildman–Crippen MR) is 104 cm³/mol. The highest BCUT2D eigenvalue weighted by molar-refractivity contribution is 6.09. The van der Waals surface area contributed by atoms with Gasteiger partial charge in [-0.3, -0.25) is 10.2 Å². The molecule has 142 valence electrons. The van der Waals surface area contributed by atoms with Crippen molar-refractivity contribution in [3.05, 3.63) is 77.4 Å². The standard InChI is InChI=1S/C21H20N4O3/c1-28-21(27)17-9-5-6-10-18(17)24-20(26)15(12-22)11-16-13-23-25-19(16)14-7-3-2-4-8-14/h2-11,16,19,23,25H,13H2,1H3,(H,24,26)/b15-11-. The Morgan fingerprint density at radius 2 is 1.89 bits per heavy atom. The third kappa shape index (κ3) is 4.26. The SMILES string of the molecule is COC(=O)c1ccccc1NC(=O)/C(C#N)=C\C1CNNC1c1ccccc1. The number of benzene rings is 2. The van der Waals surface area contributed by atoms with Crippen LogP contribution in [-0.2, 0) is 9.53 Å². The summed E-state index contributed by atoms with van der Waals surface area (Å²) >= 11 is 0. The number of hydrazine groups is 1. The van der Waals surface area contributed by atoms with Gasteiger partial charge in [0.2, 0.25) is 0 Å². The molecule has 7 nitrogen and oxygen atoms in total. The van der Waals surface area contributed by atoms with Crippen molar-refractivity contribution in [1.82, 2.24) is 10.9 Å². The third-order valence-corrected chi connectivity index (χ3v) is 4.51. The highest BCUT2D eigenvalue weighted by atomic mass is 16.5. The lowest BCUT2D eigenvalue weighted by Gasteiger charge is -2.16. The molecule has 0 bridgehead atoms. The Morgan fingerprint density at radius 1 is 1.18 bits per heavy atom. The zero-order valence-corrected chi connectivity index (χ0v) is 15.3. The molecule has 0 spiro atoms. The van der Waals surface area contributed by atoms with E-state index in [1.807, 2.05) is 36.4 Å². The van der Waals surface area contributed by atoms with Gasteiger partial charge in [-0.25, -0.2) is 10.2 Å². The Morgan fingerprint density at radius 3 is 2.61 bits per heavy atom. The number of methoxy groups -OCH3 is 1.